The molecule has 1 radical (unpaired) electrons. The lowest BCUT2D eigenvalue weighted by Gasteiger charge is -2.14. The van der Waals surface area contributed by atoms with Gasteiger partial charge in [0, 0.05) is 0 Å². The summed E-state index contributed by atoms with van der Waals surface area (Å²) in [5, 5.41) is 0. The Morgan fingerprint density at radius 2 is 2.00 bits per heavy atom. The van der Waals surface area contributed by atoms with Gasteiger partial charge in [-0.05, 0) is 26.0 Å². The van der Waals surface area contributed by atoms with E-state index >= 15 is 0 Å². The van der Waals surface area contributed by atoms with E-state index in [0.29, 0.717) is 0 Å². The van der Waals surface area contributed by atoms with Crippen LogP contribution in [0.25, 0.3) is 0 Å². The third-order valence-electron chi connectivity index (χ3n) is 0.948. The smallest absolute Gasteiger partial charge is 0.0658 e. The molecule has 0 spiro atoms. The fraction of sp³-hybridized carbons (Fsp3) is 1.00. The van der Waals surface area contributed by atoms with Crippen LogP contribution in [0.15, 0.2) is 0 Å². The van der Waals surface area contributed by atoms with Crippen molar-refractivity contribution in [2.45, 2.75) is 37.7 Å². The molecule has 0 saturated heterocycles. The third kappa shape index (κ3) is 8.70. The molecule has 2 heteroatoms. The summed E-state index contributed by atoms with van der Waals surface area (Å²) < 4.78 is 0.0508. The zero-order chi connectivity index (χ0) is 7.33. The summed E-state index contributed by atoms with van der Waals surface area (Å²) in [7, 11) is 0. The maximum atomic E-state index is 5.16. The van der Waals surface area contributed by atoms with E-state index in [2.05, 4.69) is 20.8 Å². The van der Waals surface area contributed by atoms with E-state index in [9.17, 15) is 0 Å². The molecule has 0 aliphatic rings. The molecule has 0 aromatic heterocycles. The first-order chi connectivity index (χ1) is 4.06. The van der Waals surface area contributed by atoms with Crippen molar-refractivity contribution < 1.29 is 0 Å². The van der Waals surface area contributed by atoms with Crippen LogP contribution in [0.2, 0.25) is 0 Å². The van der Waals surface area contributed by atoms with Gasteiger partial charge in [-0.25, -0.2) is 0 Å². The predicted molar refractivity (Wildman–Crippen MR) is 49.0 cm³/mol. The summed E-state index contributed by atoms with van der Waals surface area (Å²) in [6.45, 7) is 6.38. The van der Waals surface area contributed by atoms with Gasteiger partial charge >= 0.3 is 0 Å². The van der Waals surface area contributed by atoms with Crippen molar-refractivity contribution >= 4 is 24.4 Å². The standard InChI is InChI=1S/C7H15S2/c1-4-5-6-9-7(2,3)8/h4-6H2,1-3H3. The van der Waals surface area contributed by atoms with Gasteiger partial charge in [-0.15, -0.1) is 11.8 Å². The first kappa shape index (κ1) is 9.70. The molecule has 0 aliphatic carbocycles. The molecule has 0 amide bonds. The van der Waals surface area contributed by atoms with Crippen molar-refractivity contribution in [1.82, 2.24) is 0 Å². The summed E-state index contributed by atoms with van der Waals surface area (Å²) in [5.74, 6) is 1.22. The zero-order valence-corrected chi connectivity index (χ0v) is 8.07. The highest BCUT2D eigenvalue weighted by molar-refractivity contribution is 8.11. The molecular weight excluding hydrogens is 148 g/mol. The number of unbranched alkanes of at least 4 members (excludes halogenated alkanes) is 1. The average molecular weight is 163 g/mol. The van der Waals surface area contributed by atoms with Gasteiger partial charge in [0.05, 0.1) is 4.08 Å². The van der Waals surface area contributed by atoms with E-state index in [4.69, 9.17) is 12.6 Å². The van der Waals surface area contributed by atoms with Gasteiger partial charge in [0.15, 0.2) is 0 Å². The monoisotopic (exact) mass is 163 g/mol. The second-order valence-corrected chi connectivity index (χ2v) is 5.60. The molecular formula is C7H15S2. The van der Waals surface area contributed by atoms with Gasteiger partial charge in [-0.2, -0.15) is 0 Å². The Labute approximate surface area is 68.2 Å². The van der Waals surface area contributed by atoms with E-state index in [1.54, 1.807) is 0 Å². The van der Waals surface area contributed by atoms with E-state index in [-0.39, 0.29) is 4.08 Å². The van der Waals surface area contributed by atoms with Crippen LogP contribution >= 0.6 is 24.4 Å². The Bertz CT molecular complexity index is 63.8. The topological polar surface area (TPSA) is 0 Å². The number of hydrogen-bond acceptors (Lipinski definition) is 1. The molecule has 0 aromatic rings. The fourth-order valence-corrected chi connectivity index (χ4v) is 1.64. The van der Waals surface area contributed by atoms with E-state index < -0.39 is 0 Å². The second-order valence-electron chi connectivity index (χ2n) is 2.60. The molecule has 0 saturated carbocycles. The first-order valence-electron chi connectivity index (χ1n) is 3.40. The lowest BCUT2D eigenvalue weighted by molar-refractivity contribution is 0.889. The van der Waals surface area contributed by atoms with Crippen LogP contribution < -0.4 is 0 Å². The molecule has 0 heterocycles. The zero-order valence-electron chi connectivity index (χ0n) is 6.44. The average Bonchev–Trinajstić information content (AvgIpc) is 1.63. The Hall–Kier alpha value is 0.700. The minimum Gasteiger partial charge on any atom is -0.144 e. The van der Waals surface area contributed by atoms with Crippen LogP contribution in [0.1, 0.15) is 33.6 Å². The van der Waals surface area contributed by atoms with Crippen molar-refractivity contribution in [3.63, 3.8) is 0 Å². The highest BCUT2D eigenvalue weighted by atomic mass is 32.2. The summed E-state index contributed by atoms with van der Waals surface area (Å²) in [5.41, 5.74) is 0. The van der Waals surface area contributed by atoms with E-state index in [1.807, 2.05) is 11.8 Å². The SMILES string of the molecule is CCCCSC(C)(C)[S]. The molecule has 0 rings (SSSR count). The van der Waals surface area contributed by atoms with Gasteiger partial charge in [-0.1, -0.05) is 26.0 Å². The largest absolute Gasteiger partial charge is 0.144 e. The summed E-state index contributed by atoms with van der Waals surface area (Å²) in [6, 6.07) is 0. The van der Waals surface area contributed by atoms with Gasteiger partial charge < -0.3 is 0 Å². The van der Waals surface area contributed by atoms with Crippen LogP contribution in [0.3, 0.4) is 0 Å². The summed E-state index contributed by atoms with van der Waals surface area (Å²) in [6.07, 6.45) is 2.57. The van der Waals surface area contributed by atoms with Gasteiger partial charge in [0.2, 0.25) is 0 Å². The summed E-state index contributed by atoms with van der Waals surface area (Å²) in [4.78, 5) is 0. The maximum Gasteiger partial charge on any atom is 0.0658 e. The molecule has 0 unspecified atom stereocenters. The minimum atomic E-state index is 0.0508. The molecule has 0 fully saturated rings. The number of rotatable bonds is 4. The Morgan fingerprint density at radius 1 is 1.44 bits per heavy atom. The molecule has 0 nitrogen and oxygen atoms in total. The molecule has 0 atom stereocenters. The lowest BCUT2D eigenvalue weighted by atomic mass is 10.4. The van der Waals surface area contributed by atoms with Crippen LogP contribution in [0, 0.1) is 0 Å². The van der Waals surface area contributed by atoms with Crippen molar-refractivity contribution in [2.24, 2.45) is 0 Å². The molecule has 9 heavy (non-hydrogen) atoms. The Morgan fingerprint density at radius 3 is 2.33 bits per heavy atom. The molecule has 0 N–H and O–H groups in total. The van der Waals surface area contributed by atoms with Crippen LogP contribution in [0.5, 0.6) is 0 Å². The maximum absolute atomic E-state index is 5.16. The predicted octanol–water partition coefficient (Wildman–Crippen LogP) is 3.45. The van der Waals surface area contributed by atoms with Gasteiger partial charge in [0.25, 0.3) is 0 Å². The van der Waals surface area contributed by atoms with Crippen molar-refractivity contribution in [3.05, 3.63) is 0 Å². The molecule has 0 aromatic carbocycles. The van der Waals surface area contributed by atoms with Crippen LogP contribution in [-0.2, 0) is 0 Å². The van der Waals surface area contributed by atoms with Crippen molar-refractivity contribution in [3.8, 4) is 0 Å². The first-order valence-corrected chi connectivity index (χ1v) is 4.80. The number of hydrogen-bond donors (Lipinski definition) is 0. The van der Waals surface area contributed by atoms with Gasteiger partial charge in [-0.3, -0.25) is 0 Å². The van der Waals surface area contributed by atoms with Crippen molar-refractivity contribution in [1.29, 1.82) is 0 Å². The van der Waals surface area contributed by atoms with Gasteiger partial charge in [0.1, 0.15) is 0 Å². The third-order valence-corrected chi connectivity index (χ3v) is 2.49. The second kappa shape index (κ2) is 4.51. The minimum absolute atomic E-state index is 0.0508. The van der Waals surface area contributed by atoms with Crippen LogP contribution in [-0.4, -0.2) is 9.83 Å². The molecule has 55 valence electrons. The Balaban J connectivity index is 3.07. The van der Waals surface area contributed by atoms with E-state index in [1.165, 1.54) is 18.6 Å². The highest BCUT2D eigenvalue weighted by Gasteiger charge is 2.10. The summed E-state index contributed by atoms with van der Waals surface area (Å²) >= 11 is 7.03. The quantitative estimate of drug-likeness (QED) is 0.572. The normalized spacial score (nSPS) is 12.0. The van der Waals surface area contributed by atoms with Crippen molar-refractivity contribution in [2.75, 3.05) is 5.75 Å². The molecule has 0 bridgehead atoms. The lowest BCUT2D eigenvalue weighted by Crippen LogP contribution is -2.03. The molecule has 0 aliphatic heterocycles. The fourth-order valence-electron chi connectivity index (χ4n) is 0.462. The van der Waals surface area contributed by atoms with E-state index in [0.717, 1.165) is 0 Å². The Kier molecular flexibility index (Phi) is 4.86. The number of thioether (sulfide) groups is 1. The van der Waals surface area contributed by atoms with Crippen LogP contribution in [0.4, 0.5) is 0 Å². The highest BCUT2D eigenvalue weighted by Crippen LogP contribution is 2.28.